The van der Waals surface area contributed by atoms with E-state index in [2.05, 4.69) is 10.3 Å². The highest BCUT2D eigenvalue weighted by Gasteiger charge is 2.23. The van der Waals surface area contributed by atoms with Crippen LogP contribution >= 0.6 is 0 Å². The number of carbonyl (C=O) groups is 1. The Labute approximate surface area is 94.7 Å². The molecule has 0 saturated carbocycles. The Morgan fingerprint density at radius 3 is 2.75 bits per heavy atom. The maximum absolute atomic E-state index is 11.1. The number of pyridine rings is 1. The summed E-state index contributed by atoms with van der Waals surface area (Å²) in [4.78, 5) is 15.0. The zero-order valence-corrected chi connectivity index (χ0v) is 9.69. The van der Waals surface area contributed by atoms with E-state index < -0.39 is 11.5 Å². The van der Waals surface area contributed by atoms with Crippen LogP contribution in [-0.2, 0) is 0 Å². The first-order valence-corrected chi connectivity index (χ1v) is 5.05. The lowest BCUT2D eigenvalue weighted by molar-refractivity contribution is 0.0648. The maximum Gasteiger partial charge on any atom is 0.252 e. The molecule has 0 spiro atoms. The second-order valence-electron chi connectivity index (χ2n) is 4.31. The maximum atomic E-state index is 11.1. The van der Waals surface area contributed by atoms with Crippen LogP contribution in [0.15, 0.2) is 18.5 Å². The average Bonchev–Trinajstić information content (AvgIpc) is 2.16. The van der Waals surface area contributed by atoms with Gasteiger partial charge >= 0.3 is 0 Å². The van der Waals surface area contributed by atoms with E-state index >= 15 is 0 Å². The Balaban J connectivity index is 2.93. The highest BCUT2D eigenvalue weighted by Crippen LogP contribution is 2.18. The number of nitrogens with two attached hydrogens (primary N) is 1. The molecule has 5 heteroatoms. The Bertz CT molecular complexity index is 385. The number of nitrogens with one attached hydrogen (secondary N) is 1. The van der Waals surface area contributed by atoms with Crippen molar-refractivity contribution < 1.29 is 9.90 Å². The number of hydrogen-bond donors (Lipinski definition) is 3. The molecule has 1 heterocycles. The molecule has 0 aliphatic heterocycles. The van der Waals surface area contributed by atoms with E-state index in [0.717, 1.165) is 0 Å². The van der Waals surface area contributed by atoms with Gasteiger partial charge in [-0.05, 0) is 26.8 Å². The van der Waals surface area contributed by atoms with Crippen LogP contribution in [0.5, 0.6) is 0 Å². The van der Waals surface area contributed by atoms with E-state index in [-0.39, 0.29) is 6.04 Å². The van der Waals surface area contributed by atoms with Gasteiger partial charge in [0.1, 0.15) is 0 Å². The van der Waals surface area contributed by atoms with Gasteiger partial charge < -0.3 is 16.2 Å². The predicted octanol–water partition coefficient (Wildman–Crippen LogP) is 0.752. The third-order valence-corrected chi connectivity index (χ3v) is 2.52. The fourth-order valence-electron chi connectivity index (χ4n) is 1.13. The summed E-state index contributed by atoms with van der Waals surface area (Å²) in [6.45, 7) is 5.21. The van der Waals surface area contributed by atoms with Crippen molar-refractivity contribution in [2.45, 2.75) is 32.4 Å². The minimum absolute atomic E-state index is 0.215. The zero-order chi connectivity index (χ0) is 12.3. The van der Waals surface area contributed by atoms with Gasteiger partial charge in [-0.2, -0.15) is 0 Å². The lowest BCUT2D eigenvalue weighted by Gasteiger charge is -2.28. The topological polar surface area (TPSA) is 88.2 Å². The van der Waals surface area contributed by atoms with Crippen molar-refractivity contribution >= 4 is 11.6 Å². The van der Waals surface area contributed by atoms with Crippen molar-refractivity contribution in [3.63, 3.8) is 0 Å². The number of rotatable bonds is 4. The molecule has 1 amide bonds. The molecule has 1 rings (SSSR count). The third kappa shape index (κ3) is 2.93. The Hall–Kier alpha value is -1.62. The minimum Gasteiger partial charge on any atom is -0.388 e. The summed E-state index contributed by atoms with van der Waals surface area (Å²) < 4.78 is 0. The molecule has 0 radical (unpaired) electrons. The number of anilines is 1. The van der Waals surface area contributed by atoms with Crippen LogP contribution in [-0.4, -0.2) is 27.6 Å². The van der Waals surface area contributed by atoms with Gasteiger partial charge in [-0.25, -0.2) is 0 Å². The molecule has 0 aromatic carbocycles. The van der Waals surface area contributed by atoms with Crippen LogP contribution in [0.1, 0.15) is 31.1 Å². The molecular formula is C11H17N3O2. The van der Waals surface area contributed by atoms with Crippen molar-refractivity contribution in [3.8, 4) is 0 Å². The Morgan fingerprint density at radius 1 is 1.62 bits per heavy atom. The third-order valence-electron chi connectivity index (χ3n) is 2.52. The first-order valence-electron chi connectivity index (χ1n) is 5.05. The average molecular weight is 223 g/mol. The van der Waals surface area contributed by atoms with Gasteiger partial charge in [-0.3, -0.25) is 9.78 Å². The first-order chi connectivity index (χ1) is 7.32. The fourth-order valence-corrected chi connectivity index (χ4v) is 1.13. The van der Waals surface area contributed by atoms with Gasteiger partial charge in [0.05, 0.1) is 22.9 Å². The number of amides is 1. The normalized spacial score (nSPS) is 13.2. The minimum atomic E-state index is -0.891. The van der Waals surface area contributed by atoms with Crippen LogP contribution in [0, 0.1) is 0 Å². The molecule has 1 aromatic rings. The molecule has 4 N–H and O–H groups in total. The van der Waals surface area contributed by atoms with Gasteiger partial charge in [-0.1, -0.05) is 0 Å². The first kappa shape index (κ1) is 12.4. The Kier molecular flexibility index (Phi) is 3.49. The zero-order valence-electron chi connectivity index (χ0n) is 9.69. The fraction of sp³-hybridized carbons (Fsp3) is 0.455. The summed E-state index contributed by atoms with van der Waals surface area (Å²) in [5.74, 6) is -0.543. The molecule has 0 unspecified atom stereocenters. The smallest absolute Gasteiger partial charge is 0.252 e. The van der Waals surface area contributed by atoms with E-state index in [1.807, 2.05) is 6.92 Å². The number of aliphatic hydroxyl groups is 1. The van der Waals surface area contributed by atoms with Crippen LogP contribution < -0.4 is 11.1 Å². The molecule has 1 aromatic heterocycles. The van der Waals surface area contributed by atoms with Crippen molar-refractivity contribution in [1.82, 2.24) is 4.98 Å². The standard InChI is InChI=1S/C11H17N3O2/c1-7(11(2,3)16)14-9-4-5-13-6-8(9)10(12)15/h4-7,16H,1-3H3,(H2,12,15)(H,13,14)/t7-/m0/s1. The molecule has 0 aliphatic rings. The van der Waals surface area contributed by atoms with Crippen molar-refractivity contribution in [2.24, 2.45) is 5.73 Å². The number of hydrogen-bond acceptors (Lipinski definition) is 4. The Morgan fingerprint density at radius 2 is 2.25 bits per heavy atom. The summed E-state index contributed by atoms with van der Waals surface area (Å²) in [6.07, 6.45) is 2.97. The quantitative estimate of drug-likeness (QED) is 0.703. The molecule has 0 fully saturated rings. The largest absolute Gasteiger partial charge is 0.388 e. The molecule has 16 heavy (non-hydrogen) atoms. The molecule has 88 valence electrons. The van der Waals surface area contributed by atoms with E-state index in [4.69, 9.17) is 5.73 Å². The van der Waals surface area contributed by atoms with Crippen LogP contribution in [0.2, 0.25) is 0 Å². The van der Waals surface area contributed by atoms with Gasteiger partial charge in [-0.15, -0.1) is 0 Å². The summed E-state index contributed by atoms with van der Waals surface area (Å²) in [5.41, 5.74) is 5.23. The molecule has 0 aliphatic carbocycles. The molecule has 0 saturated heterocycles. The SMILES string of the molecule is C[C@H](Nc1ccncc1C(N)=O)C(C)(C)O. The lowest BCUT2D eigenvalue weighted by Crippen LogP contribution is -2.39. The molecule has 0 bridgehead atoms. The van der Waals surface area contributed by atoms with E-state index in [9.17, 15) is 9.90 Å². The van der Waals surface area contributed by atoms with E-state index in [1.54, 1.807) is 26.1 Å². The van der Waals surface area contributed by atoms with Gasteiger partial charge in [0.25, 0.3) is 5.91 Å². The highest BCUT2D eigenvalue weighted by molar-refractivity contribution is 5.98. The molecular weight excluding hydrogens is 206 g/mol. The number of nitrogens with zero attached hydrogens (tertiary/aromatic N) is 1. The van der Waals surface area contributed by atoms with Crippen molar-refractivity contribution in [2.75, 3.05) is 5.32 Å². The monoisotopic (exact) mass is 223 g/mol. The van der Waals surface area contributed by atoms with Crippen molar-refractivity contribution in [1.29, 1.82) is 0 Å². The number of primary amides is 1. The summed E-state index contributed by atoms with van der Waals surface area (Å²) in [5, 5.41) is 12.8. The van der Waals surface area contributed by atoms with Crippen LogP contribution in [0.25, 0.3) is 0 Å². The summed E-state index contributed by atoms with van der Waals surface area (Å²) in [6, 6.07) is 1.44. The highest BCUT2D eigenvalue weighted by atomic mass is 16.3. The lowest BCUT2D eigenvalue weighted by atomic mass is 10.0. The van der Waals surface area contributed by atoms with E-state index in [0.29, 0.717) is 11.3 Å². The predicted molar refractivity (Wildman–Crippen MR) is 62.1 cm³/mol. The molecule has 1 atom stereocenters. The molecule has 5 nitrogen and oxygen atoms in total. The van der Waals surface area contributed by atoms with Crippen LogP contribution in [0.4, 0.5) is 5.69 Å². The second kappa shape index (κ2) is 4.49. The van der Waals surface area contributed by atoms with Gasteiger partial charge in [0.15, 0.2) is 0 Å². The van der Waals surface area contributed by atoms with Gasteiger partial charge in [0, 0.05) is 12.4 Å². The van der Waals surface area contributed by atoms with Gasteiger partial charge in [0.2, 0.25) is 0 Å². The van der Waals surface area contributed by atoms with E-state index in [1.165, 1.54) is 6.20 Å². The summed E-state index contributed by atoms with van der Waals surface area (Å²) in [7, 11) is 0. The van der Waals surface area contributed by atoms with Crippen LogP contribution in [0.3, 0.4) is 0 Å². The van der Waals surface area contributed by atoms with Crippen molar-refractivity contribution in [3.05, 3.63) is 24.0 Å². The summed E-state index contributed by atoms with van der Waals surface area (Å²) >= 11 is 0. The number of aromatic nitrogens is 1. The second-order valence-corrected chi connectivity index (χ2v) is 4.31. The number of carbonyl (C=O) groups excluding carboxylic acids is 1.